The Kier molecular flexibility index (Phi) is 4.25. The minimum Gasteiger partial charge on any atom is -0.323 e. The van der Waals surface area contributed by atoms with Gasteiger partial charge in [-0.3, -0.25) is 4.79 Å². The van der Waals surface area contributed by atoms with Gasteiger partial charge in [0, 0.05) is 5.92 Å². The predicted octanol–water partition coefficient (Wildman–Crippen LogP) is 2.24. The molecule has 7 heteroatoms. The molecule has 0 spiro atoms. The first-order chi connectivity index (χ1) is 10.4. The predicted molar refractivity (Wildman–Crippen MR) is 83.9 cm³/mol. The van der Waals surface area contributed by atoms with Crippen LogP contribution in [0.4, 0.5) is 5.69 Å². The molecule has 1 N–H and O–H groups in total. The molecule has 3 unspecified atom stereocenters. The van der Waals surface area contributed by atoms with Crippen LogP contribution < -0.4 is 5.32 Å². The standard InChI is InChI=1S/C15H23N3O3S/c1-22(20,21)18-10-14(9-16-18)17-15(19)13-7-6-11-4-2-3-5-12(11)8-13/h9-13H,2-8H2,1H3,(H,17,19). The third kappa shape index (κ3) is 3.34. The van der Waals surface area contributed by atoms with E-state index in [0.29, 0.717) is 11.6 Å². The number of hydrogen-bond acceptors (Lipinski definition) is 4. The lowest BCUT2D eigenvalue weighted by Gasteiger charge is -2.38. The summed E-state index contributed by atoms with van der Waals surface area (Å²) in [4.78, 5) is 12.4. The van der Waals surface area contributed by atoms with Gasteiger partial charge >= 0.3 is 0 Å². The molecule has 22 heavy (non-hydrogen) atoms. The van der Waals surface area contributed by atoms with Crippen molar-refractivity contribution in [2.45, 2.75) is 44.9 Å². The van der Waals surface area contributed by atoms with Gasteiger partial charge in [-0.05, 0) is 31.1 Å². The number of carbonyl (C=O) groups is 1. The van der Waals surface area contributed by atoms with Crippen molar-refractivity contribution in [1.29, 1.82) is 0 Å². The summed E-state index contributed by atoms with van der Waals surface area (Å²) < 4.78 is 23.6. The van der Waals surface area contributed by atoms with E-state index in [0.717, 1.165) is 35.5 Å². The number of carbonyl (C=O) groups excluding carboxylic acids is 1. The minimum absolute atomic E-state index is 0.00271. The van der Waals surface area contributed by atoms with Crippen molar-refractivity contribution in [3.8, 4) is 0 Å². The van der Waals surface area contributed by atoms with E-state index in [-0.39, 0.29) is 11.8 Å². The van der Waals surface area contributed by atoms with Crippen LogP contribution in [-0.4, -0.2) is 29.8 Å². The summed E-state index contributed by atoms with van der Waals surface area (Å²) in [6, 6.07) is 0. The first-order valence-electron chi connectivity index (χ1n) is 7.99. The van der Waals surface area contributed by atoms with Crippen LogP contribution >= 0.6 is 0 Å². The number of rotatable bonds is 3. The topological polar surface area (TPSA) is 81.1 Å². The largest absolute Gasteiger partial charge is 0.323 e. The zero-order chi connectivity index (χ0) is 15.7. The summed E-state index contributed by atoms with van der Waals surface area (Å²) in [6.45, 7) is 0. The van der Waals surface area contributed by atoms with E-state index in [1.807, 2.05) is 0 Å². The van der Waals surface area contributed by atoms with Crippen LogP contribution in [0.25, 0.3) is 0 Å². The maximum absolute atomic E-state index is 12.4. The first-order valence-corrected chi connectivity index (χ1v) is 9.84. The average Bonchev–Trinajstić information content (AvgIpc) is 2.95. The lowest BCUT2D eigenvalue weighted by molar-refractivity contribution is -0.122. The number of nitrogens with zero attached hydrogens (tertiary/aromatic N) is 2. The number of fused-ring (bicyclic) bond motifs is 1. The lowest BCUT2D eigenvalue weighted by atomic mass is 9.67. The molecule has 2 aliphatic rings. The molecule has 122 valence electrons. The lowest BCUT2D eigenvalue weighted by Crippen LogP contribution is -2.33. The van der Waals surface area contributed by atoms with Crippen molar-refractivity contribution >= 4 is 21.6 Å². The van der Waals surface area contributed by atoms with Crippen molar-refractivity contribution in [2.24, 2.45) is 17.8 Å². The SMILES string of the molecule is CS(=O)(=O)n1cc(NC(=O)C2CCC3CCCCC3C2)cn1. The Balaban J connectivity index is 1.61. The van der Waals surface area contributed by atoms with Gasteiger partial charge in [-0.1, -0.05) is 25.7 Å². The number of aromatic nitrogens is 2. The van der Waals surface area contributed by atoms with Gasteiger partial charge in [-0.25, -0.2) is 8.42 Å². The molecule has 0 bridgehead atoms. The Hall–Kier alpha value is -1.37. The molecule has 2 saturated carbocycles. The molecule has 0 aliphatic heterocycles. The molecule has 0 radical (unpaired) electrons. The van der Waals surface area contributed by atoms with Gasteiger partial charge in [0.25, 0.3) is 10.0 Å². The fourth-order valence-corrected chi connectivity index (χ4v) is 4.43. The third-order valence-corrected chi connectivity index (χ3v) is 5.96. The van der Waals surface area contributed by atoms with Gasteiger partial charge in [-0.15, -0.1) is 0 Å². The summed E-state index contributed by atoms with van der Waals surface area (Å²) in [5, 5.41) is 6.58. The van der Waals surface area contributed by atoms with Crippen LogP contribution in [0.5, 0.6) is 0 Å². The second kappa shape index (κ2) is 6.02. The molecule has 1 aromatic rings. The Bertz CT molecular complexity index is 653. The van der Waals surface area contributed by atoms with Crippen molar-refractivity contribution < 1.29 is 13.2 Å². The highest BCUT2D eigenvalue weighted by atomic mass is 32.2. The fraction of sp³-hybridized carbons (Fsp3) is 0.733. The van der Waals surface area contributed by atoms with Crippen LogP contribution in [0.2, 0.25) is 0 Å². The van der Waals surface area contributed by atoms with E-state index in [1.54, 1.807) is 0 Å². The normalized spacial score (nSPS) is 28.9. The Labute approximate surface area is 131 Å². The molecule has 2 fully saturated rings. The highest BCUT2D eigenvalue weighted by molar-refractivity contribution is 7.89. The number of nitrogens with one attached hydrogen (secondary N) is 1. The summed E-state index contributed by atoms with van der Waals surface area (Å²) in [5.74, 6) is 1.54. The van der Waals surface area contributed by atoms with Gasteiger partial charge in [0.2, 0.25) is 5.91 Å². The van der Waals surface area contributed by atoms with E-state index in [4.69, 9.17) is 0 Å². The quantitative estimate of drug-likeness (QED) is 0.924. The average molecular weight is 325 g/mol. The van der Waals surface area contributed by atoms with Crippen LogP contribution in [0.1, 0.15) is 44.9 Å². The molecule has 0 aromatic carbocycles. The van der Waals surface area contributed by atoms with Crippen LogP contribution in [0, 0.1) is 17.8 Å². The zero-order valence-electron chi connectivity index (χ0n) is 12.9. The number of amides is 1. The Morgan fingerprint density at radius 3 is 2.64 bits per heavy atom. The first kappa shape index (κ1) is 15.5. The smallest absolute Gasteiger partial charge is 0.250 e. The van der Waals surface area contributed by atoms with Gasteiger partial charge in [0.15, 0.2) is 0 Å². The van der Waals surface area contributed by atoms with Gasteiger partial charge in [0.05, 0.1) is 24.3 Å². The zero-order valence-corrected chi connectivity index (χ0v) is 13.7. The third-order valence-electron chi connectivity index (χ3n) is 5.08. The van der Waals surface area contributed by atoms with Crippen molar-refractivity contribution in [3.05, 3.63) is 12.4 Å². The Morgan fingerprint density at radius 1 is 1.23 bits per heavy atom. The van der Waals surface area contributed by atoms with Crippen LogP contribution in [-0.2, 0) is 14.8 Å². The summed E-state index contributed by atoms with van der Waals surface area (Å²) >= 11 is 0. The molecule has 1 heterocycles. The second-order valence-electron chi connectivity index (χ2n) is 6.67. The molecule has 3 rings (SSSR count). The second-order valence-corrected chi connectivity index (χ2v) is 8.51. The highest BCUT2D eigenvalue weighted by Gasteiger charge is 2.35. The molecule has 1 aromatic heterocycles. The van der Waals surface area contributed by atoms with E-state index >= 15 is 0 Å². The summed E-state index contributed by atoms with van der Waals surface area (Å²) in [6.07, 6.45) is 12.1. The van der Waals surface area contributed by atoms with E-state index in [9.17, 15) is 13.2 Å². The molecule has 2 aliphatic carbocycles. The van der Waals surface area contributed by atoms with Gasteiger partial charge in [0.1, 0.15) is 0 Å². The molecular weight excluding hydrogens is 302 g/mol. The summed E-state index contributed by atoms with van der Waals surface area (Å²) in [7, 11) is -3.40. The van der Waals surface area contributed by atoms with Crippen LogP contribution in [0.15, 0.2) is 12.4 Å². The van der Waals surface area contributed by atoms with Crippen molar-refractivity contribution in [1.82, 2.24) is 9.19 Å². The highest BCUT2D eigenvalue weighted by Crippen LogP contribution is 2.42. The number of anilines is 1. The van der Waals surface area contributed by atoms with E-state index in [1.165, 1.54) is 38.1 Å². The van der Waals surface area contributed by atoms with Gasteiger partial charge in [-0.2, -0.15) is 9.19 Å². The molecule has 6 nitrogen and oxygen atoms in total. The van der Waals surface area contributed by atoms with Crippen molar-refractivity contribution in [3.63, 3.8) is 0 Å². The van der Waals surface area contributed by atoms with Crippen LogP contribution in [0.3, 0.4) is 0 Å². The Morgan fingerprint density at radius 2 is 1.95 bits per heavy atom. The monoisotopic (exact) mass is 325 g/mol. The fourth-order valence-electron chi connectivity index (χ4n) is 3.91. The molecule has 3 atom stereocenters. The molecule has 1 amide bonds. The number of hydrogen-bond donors (Lipinski definition) is 1. The maximum atomic E-state index is 12.4. The van der Waals surface area contributed by atoms with Gasteiger partial charge < -0.3 is 5.32 Å². The molecular formula is C15H23N3O3S. The van der Waals surface area contributed by atoms with E-state index < -0.39 is 10.0 Å². The minimum atomic E-state index is -3.40. The van der Waals surface area contributed by atoms with E-state index in [2.05, 4.69) is 10.4 Å². The maximum Gasteiger partial charge on any atom is 0.250 e. The summed E-state index contributed by atoms with van der Waals surface area (Å²) in [5.41, 5.74) is 0.446. The van der Waals surface area contributed by atoms with Crippen molar-refractivity contribution in [2.75, 3.05) is 11.6 Å². The molecule has 0 saturated heterocycles.